The predicted octanol–water partition coefficient (Wildman–Crippen LogP) is 1.38. The summed E-state index contributed by atoms with van der Waals surface area (Å²) in [4.78, 5) is 23.0. The van der Waals surface area contributed by atoms with Crippen LogP contribution in [0.4, 0.5) is 0 Å². The molecule has 0 saturated heterocycles. The summed E-state index contributed by atoms with van der Waals surface area (Å²) in [5, 5.41) is 15.1. The highest BCUT2D eigenvalue weighted by Gasteiger charge is 2.44. The summed E-state index contributed by atoms with van der Waals surface area (Å²) >= 11 is 0. The second kappa shape index (κ2) is 6.18. The Kier molecular flexibility index (Phi) is 5.80. The first kappa shape index (κ1) is 16.9. The number of amides is 1. The van der Waals surface area contributed by atoms with Gasteiger partial charge in [0.25, 0.3) is 0 Å². The first-order chi connectivity index (χ1) is 8.00. The molecular formula is C13H26N2O3. The highest BCUT2D eigenvalue weighted by Crippen LogP contribution is 2.30. The summed E-state index contributed by atoms with van der Waals surface area (Å²) in [5.41, 5.74) is -1.82. The molecule has 0 radical (unpaired) electrons. The Bertz CT molecular complexity index is 309. The van der Waals surface area contributed by atoms with Crippen molar-refractivity contribution in [2.45, 2.75) is 59.5 Å². The third-order valence-corrected chi connectivity index (χ3v) is 3.45. The summed E-state index contributed by atoms with van der Waals surface area (Å²) in [6.45, 7) is 11.3. The van der Waals surface area contributed by atoms with Crippen LogP contribution in [0.3, 0.4) is 0 Å². The van der Waals surface area contributed by atoms with Crippen LogP contribution in [0, 0.1) is 5.41 Å². The molecule has 5 nitrogen and oxygen atoms in total. The van der Waals surface area contributed by atoms with E-state index >= 15 is 0 Å². The van der Waals surface area contributed by atoms with Crippen molar-refractivity contribution >= 4 is 11.9 Å². The number of nitrogens with one attached hydrogen (secondary N) is 2. The number of carboxylic acid groups (broad SMARTS) is 1. The Hall–Kier alpha value is -1.10. The molecule has 5 heteroatoms. The van der Waals surface area contributed by atoms with Crippen molar-refractivity contribution < 1.29 is 14.7 Å². The van der Waals surface area contributed by atoms with E-state index in [1.54, 1.807) is 27.7 Å². The summed E-state index contributed by atoms with van der Waals surface area (Å²) in [6, 6.07) is 0.335. The fourth-order valence-corrected chi connectivity index (χ4v) is 1.31. The second-order valence-electron chi connectivity index (χ2n) is 5.96. The van der Waals surface area contributed by atoms with E-state index in [1.807, 2.05) is 13.8 Å². The van der Waals surface area contributed by atoms with E-state index in [2.05, 4.69) is 10.6 Å². The summed E-state index contributed by atoms with van der Waals surface area (Å²) < 4.78 is 0. The summed E-state index contributed by atoms with van der Waals surface area (Å²) in [5.74, 6) is -1.06. The maximum atomic E-state index is 11.8. The Labute approximate surface area is 109 Å². The molecule has 0 heterocycles. The van der Waals surface area contributed by atoms with Gasteiger partial charge in [-0.3, -0.25) is 9.59 Å². The number of carbonyl (C=O) groups excluding carboxylic acids is 1. The van der Waals surface area contributed by atoms with E-state index in [1.165, 1.54) is 0 Å². The topological polar surface area (TPSA) is 78.4 Å². The van der Waals surface area contributed by atoms with Gasteiger partial charge in [0, 0.05) is 24.5 Å². The molecule has 0 aliphatic heterocycles. The average Bonchev–Trinajstić information content (AvgIpc) is 2.15. The molecule has 0 atom stereocenters. The van der Waals surface area contributed by atoms with Crippen molar-refractivity contribution in [3.63, 3.8) is 0 Å². The van der Waals surface area contributed by atoms with E-state index in [4.69, 9.17) is 0 Å². The molecule has 0 spiro atoms. The maximum Gasteiger partial charge on any atom is 0.311 e. The zero-order chi connectivity index (χ0) is 14.6. The number of carboxylic acids is 1. The van der Waals surface area contributed by atoms with Gasteiger partial charge in [0.15, 0.2) is 0 Å². The molecule has 0 aliphatic carbocycles. The van der Waals surface area contributed by atoms with Gasteiger partial charge in [0.05, 0.1) is 5.41 Å². The van der Waals surface area contributed by atoms with Gasteiger partial charge in [-0.1, -0.05) is 13.8 Å². The number of aliphatic carboxylic acids is 1. The molecule has 0 saturated carbocycles. The molecule has 0 aromatic carbocycles. The van der Waals surface area contributed by atoms with Crippen molar-refractivity contribution in [3.05, 3.63) is 0 Å². The monoisotopic (exact) mass is 258 g/mol. The Morgan fingerprint density at radius 3 is 2.06 bits per heavy atom. The largest absolute Gasteiger partial charge is 0.481 e. The fourth-order valence-electron chi connectivity index (χ4n) is 1.31. The van der Waals surface area contributed by atoms with Crippen LogP contribution in [-0.2, 0) is 9.59 Å². The maximum absolute atomic E-state index is 11.8. The van der Waals surface area contributed by atoms with E-state index in [0.29, 0.717) is 19.0 Å². The van der Waals surface area contributed by atoms with Crippen molar-refractivity contribution in [2.24, 2.45) is 5.41 Å². The molecule has 0 aromatic heterocycles. The Balaban J connectivity index is 4.41. The minimum Gasteiger partial charge on any atom is -0.481 e. The molecule has 1 amide bonds. The molecule has 3 N–H and O–H groups in total. The minimum atomic E-state index is -1.02. The molecule has 0 rings (SSSR count). The summed E-state index contributed by atoms with van der Waals surface area (Å²) in [6.07, 6.45) is 0.345. The lowest BCUT2D eigenvalue weighted by Gasteiger charge is -2.38. The lowest BCUT2D eigenvalue weighted by molar-refractivity contribution is -0.151. The standard InChI is InChI=1S/C13H26N2O3/c1-9(2)14-8-7-10(16)15-13(5,6)12(3,4)11(17)18/h9,14H,7-8H2,1-6H3,(H,15,16)(H,17,18). The van der Waals surface area contributed by atoms with Gasteiger partial charge < -0.3 is 15.7 Å². The second-order valence-corrected chi connectivity index (χ2v) is 5.96. The lowest BCUT2D eigenvalue weighted by atomic mass is 9.74. The molecule has 18 heavy (non-hydrogen) atoms. The quantitative estimate of drug-likeness (QED) is 0.644. The van der Waals surface area contributed by atoms with Gasteiger partial charge in [-0.2, -0.15) is 0 Å². The van der Waals surface area contributed by atoms with Crippen LogP contribution in [0.1, 0.15) is 48.0 Å². The number of rotatable bonds is 7. The number of carbonyl (C=O) groups is 2. The van der Waals surface area contributed by atoms with Crippen molar-refractivity contribution in [2.75, 3.05) is 6.54 Å². The van der Waals surface area contributed by atoms with Crippen molar-refractivity contribution in [1.29, 1.82) is 0 Å². The minimum absolute atomic E-state index is 0.137. The third kappa shape index (κ3) is 4.64. The molecule has 0 aromatic rings. The van der Waals surface area contributed by atoms with Crippen LogP contribution in [0.2, 0.25) is 0 Å². The molecule has 106 valence electrons. The molecule has 0 fully saturated rings. The lowest BCUT2D eigenvalue weighted by Crippen LogP contribution is -2.57. The Morgan fingerprint density at radius 2 is 1.67 bits per heavy atom. The fraction of sp³-hybridized carbons (Fsp3) is 0.846. The van der Waals surface area contributed by atoms with Gasteiger partial charge in [0.1, 0.15) is 0 Å². The van der Waals surface area contributed by atoms with E-state index in [9.17, 15) is 14.7 Å². The van der Waals surface area contributed by atoms with Crippen molar-refractivity contribution in [1.82, 2.24) is 10.6 Å². The zero-order valence-electron chi connectivity index (χ0n) is 12.3. The Morgan fingerprint density at radius 1 is 1.17 bits per heavy atom. The smallest absolute Gasteiger partial charge is 0.311 e. The summed E-state index contributed by atoms with van der Waals surface area (Å²) in [7, 11) is 0. The van der Waals surface area contributed by atoms with Gasteiger partial charge in [-0.25, -0.2) is 0 Å². The van der Waals surface area contributed by atoms with E-state index < -0.39 is 16.9 Å². The zero-order valence-corrected chi connectivity index (χ0v) is 12.3. The first-order valence-corrected chi connectivity index (χ1v) is 6.28. The van der Waals surface area contributed by atoms with Crippen LogP contribution in [0.5, 0.6) is 0 Å². The van der Waals surface area contributed by atoms with E-state index in [0.717, 1.165) is 0 Å². The van der Waals surface area contributed by atoms with Gasteiger partial charge in [-0.15, -0.1) is 0 Å². The first-order valence-electron chi connectivity index (χ1n) is 6.28. The van der Waals surface area contributed by atoms with Crippen LogP contribution >= 0.6 is 0 Å². The van der Waals surface area contributed by atoms with Gasteiger partial charge in [0.2, 0.25) is 5.91 Å². The van der Waals surface area contributed by atoms with Gasteiger partial charge >= 0.3 is 5.97 Å². The van der Waals surface area contributed by atoms with Crippen LogP contribution in [0.15, 0.2) is 0 Å². The number of hydrogen-bond donors (Lipinski definition) is 3. The van der Waals surface area contributed by atoms with E-state index in [-0.39, 0.29) is 5.91 Å². The highest BCUT2D eigenvalue weighted by molar-refractivity contribution is 5.80. The van der Waals surface area contributed by atoms with Crippen LogP contribution in [0.25, 0.3) is 0 Å². The normalized spacial score (nSPS) is 12.6. The average molecular weight is 258 g/mol. The van der Waals surface area contributed by atoms with Crippen molar-refractivity contribution in [3.8, 4) is 0 Å². The molecule has 0 bridgehead atoms. The highest BCUT2D eigenvalue weighted by atomic mass is 16.4. The van der Waals surface area contributed by atoms with Gasteiger partial charge in [-0.05, 0) is 27.7 Å². The SMILES string of the molecule is CC(C)NCCC(=O)NC(C)(C)C(C)(C)C(=O)O. The predicted molar refractivity (Wildman–Crippen MR) is 71.4 cm³/mol. The van der Waals surface area contributed by atoms with Crippen LogP contribution in [-0.4, -0.2) is 35.1 Å². The number of hydrogen-bond acceptors (Lipinski definition) is 3. The third-order valence-electron chi connectivity index (χ3n) is 3.45. The molecule has 0 unspecified atom stereocenters. The molecule has 0 aliphatic rings. The molecular weight excluding hydrogens is 232 g/mol. The van der Waals surface area contributed by atoms with Crippen LogP contribution < -0.4 is 10.6 Å².